The first kappa shape index (κ1) is 17.7. The second-order valence-electron chi connectivity index (χ2n) is 8.28. The van der Waals surface area contributed by atoms with E-state index in [4.69, 9.17) is 0 Å². The van der Waals surface area contributed by atoms with Crippen LogP contribution in [0.25, 0.3) is 68.0 Å². The molecule has 154 valence electrons. The van der Waals surface area contributed by atoms with Gasteiger partial charge >= 0.3 is 0 Å². The van der Waals surface area contributed by atoms with Crippen molar-refractivity contribution >= 4 is 85.0 Å². The van der Waals surface area contributed by atoms with Crippen molar-refractivity contribution in [2.45, 2.75) is 0 Å². The molecule has 5 heteroatoms. The number of hydrogen-bond donors (Lipinski definition) is 0. The van der Waals surface area contributed by atoms with E-state index >= 15 is 0 Å². The monoisotopic (exact) mass is 457 g/mol. The number of nitrogens with zero attached hydrogens (tertiary/aromatic N) is 3. The van der Waals surface area contributed by atoms with Gasteiger partial charge in [-0.3, -0.25) is 0 Å². The highest BCUT2D eigenvalue weighted by molar-refractivity contribution is 7.27. The molecule has 4 aromatic carbocycles. The molecule has 0 saturated heterocycles. The van der Waals surface area contributed by atoms with E-state index in [0.29, 0.717) is 0 Å². The summed E-state index contributed by atoms with van der Waals surface area (Å²) >= 11 is 3.66. The third-order valence-electron chi connectivity index (χ3n) is 6.56. The molecule has 0 saturated carbocycles. The van der Waals surface area contributed by atoms with Crippen molar-refractivity contribution in [3.05, 3.63) is 91.4 Å². The van der Waals surface area contributed by atoms with Crippen LogP contribution in [0.15, 0.2) is 91.4 Å². The van der Waals surface area contributed by atoms with Gasteiger partial charge in [0.15, 0.2) is 0 Å². The van der Waals surface area contributed by atoms with Crippen molar-refractivity contribution in [3.63, 3.8) is 0 Å². The number of thiophene rings is 2. The van der Waals surface area contributed by atoms with E-state index in [1.54, 1.807) is 17.7 Å². The first-order valence-electron chi connectivity index (χ1n) is 10.8. The molecule has 8 aromatic rings. The quantitative estimate of drug-likeness (QED) is 0.248. The number of fused-ring (bicyclic) bond motifs is 10. The molecular formula is C28H15N3S2. The second kappa shape index (κ2) is 6.38. The third kappa shape index (κ3) is 2.28. The normalized spacial score (nSPS) is 12.2. The van der Waals surface area contributed by atoms with Gasteiger partial charge in [-0.1, -0.05) is 60.7 Å². The molecule has 0 aliphatic carbocycles. The fourth-order valence-electron chi connectivity index (χ4n) is 5.18. The number of para-hydroxylation sites is 1. The Morgan fingerprint density at radius 2 is 1.39 bits per heavy atom. The summed E-state index contributed by atoms with van der Waals surface area (Å²) in [7, 11) is 0. The summed E-state index contributed by atoms with van der Waals surface area (Å²) in [6, 6.07) is 28.6. The van der Waals surface area contributed by atoms with Gasteiger partial charge in [-0.2, -0.15) is 0 Å². The highest BCUT2D eigenvalue weighted by atomic mass is 32.1. The van der Waals surface area contributed by atoms with E-state index in [0.717, 1.165) is 10.2 Å². The molecule has 0 fully saturated rings. The smallest absolute Gasteiger partial charge is 0.116 e. The first-order chi connectivity index (χ1) is 16.4. The van der Waals surface area contributed by atoms with Crippen molar-refractivity contribution in [1.82, 2.24) is 14.5 Å². The average Bonchev–Trinajstić information content (AvgIpc) is 3.53. The Kier molecular flexibility index (Phi) is 3.42. The Hall–Kier alpha value is -3.80. The van der Waals surface area contributed by atoms with Gasteiger partial charge in [0.2, 0.25) is 0 Å². The molecule has 0 radical (unpaired) electrons. The largest absolute Gasteiger partial charge is 0.306 e. The van der Waals surface area contributed by atoms with Crippen LogP contribution < -0.4 is 0 Å². The zero-order valence-corrected chi connectivity index (χ0v) is 19.0. The fourth-order valence-corrected chi connectivity index (χ4v) is 7.55. The summed E-state index contributed by atoms with van der Waals surface area (Å²) in [6.45, 7) is 0. The molecule has 0 aliphatic heterocycles. The Morgan fingerprint density at radius 3 is 2.36 bits per heavy atom. The van der Waals surface area contributed by atoms with Crippen molar-refractivity contribution in [3.8, 4) is 5.69 Å². The average molecular weight is 458 g/mol. The minimum Gasteiger partial charge on any atom is -0.306 e. The Morgan fingerprint density at radius 1 is 0.606 bits per heavy atom. The van der Waals surface area contributed by atoms with Gasteiger partial charge in [-0.05, 0) is 18.2 Å². The number of benzene rings is 4. The van der Waals surface area contributed by atoms with Gasteiger partial charge in [-0.25, -0.2) is 9.97 Å². The van der Waals surface area contributed by atoms with Crippen LogP contribution >= 0.6 is 22.7 Å². The maximum absolute atomic E-state index is 4.60. The van der Waals surface area contributed by atoms with E-state index in [2.05, 4.69) is 93.4 Å². The van der Waals surface area contributed by atoms with E-state index in [1.165, 1.54) is 57.8 Å². The van der Waals surface area contributed by atoms with Gasteiger partial charge in [0, 0.05) is 37.8 Å². The molecule has 8 rings (SSSR count). The molecule has 4 aromatic heterocycles. The van der Waals surface area contributed by atoms with Crippen molar-refractivity contribution < 1.29 is 0 Å². The summed E-state index contributed by atoms with van der Waals surface area (Å²) < 4.78 is 7.49. The minimum atomic E-state index is 1.03. The Labute approximate surface area is 196 Å². The summed E-state index contributed by atoms with van der Waals surface area (Å²) in [5.74, 6) is 0. The predicted molar refractivity (Wildman–Crippen MR) is 142 cm³/mol. The zero-order chi connectivity index (χ0) is 21.5. The molecule has 0 atom stereocenters. The van der Waals surface area contributed by atoms with Crippen LogP contribution in [0.1, 0.15) is 0 Å². The molecule has 0 spiro atoms. The maximum Gasteiger partial charge on any atom is 0.116 e. The maximum atomic E-state index is 4.60. The second-order valence-corrected chi connectivity index (χ2v) is 10.4. The van der Waals surface area contributed by atoms with Gasteiger partial charge in [-0.15, -0.1) is 22.7 Å². The molecule has 3 nitrogen and oxygen atoms in total. The summed E-state index contributed by atoms with van der Waals surface area (Å²) in [5, 5.41) is 6.38. The van der Waals surface area contributed by atoms with Gasteiger partial charge in [0.1, 0.15) is 6.33 Å². The molecule has 0 amide bonds. The van der Waals surface area contributed by atoms with E-state index in [1.807, 2.05) is 17.5 Å². The Bertz CT molecular complexity index is 2040. The van der Waals surface area contributed by atoms with Crippen LogP contribution in [-0.4, -0.2) is 14.5 Å². The Balaban J connectivity index is 1.63. The molecule has 0 N–H and O–H groups in total. The van der Waals surface area contributed by atoms with E-state index in [-0.39, 0.29) is 0 Å². The van der Waals surface area contributed by atoms with Crippen LogP contribution in [0.3, 0.4) is 0 Å². The fraction of sp³-hybridized carbons (Fsp3) is 0. The van der Waals surface area contributed by atoms with E-state index < -0.39 is 0 Å². The topological polar surface area (TPSA) is 30.7 Å². The lowest BCUT2D eigenvalue weighted by Gasteiger charge is -2.10. The van der Waals surface area contributed by atoms with Crippen LogP contribution in [0.2, 0.25) is 0 Å². The van der Waals surface area contributed by atoms with Crippen molar-refractivity contribution in [2.75, 3.05) is 0 Å². The van der Waals surface area contributed by atoms with Crippen molar-refractivity contribution in [2.24, 2.45) is 0 Å². The van der Waals surface area contributed by atoms with Gasteiger partial charge < -0.3 is 4.57 Å². The molecule has 4 heterocycles. The third-order valence-corrected chi connectivity index (χ3v) is 8.91. The number of hydrogen-bond acceptors (Lipinski definition) is 4. The lowest BCUT2D eigenvalue weighted by atomic mass is 10.1. The first-order valence-corrected chi connectivity index (χ1v) is 12.5. The standard InChI is InChI=1S/C28H15N3S2/c1-3-9-21-16(6-1)18-12-13-20-25-24(14-29-15-30-25)33-28(20)26(18)31(21)22-10-5-8-19-17-7-2-4-11-23(17)32-27(19)22/h1-15H. The molecule has 33 heavy (non-hydrogen) atoms. The minimum absolute atomic E-state index is 1.03. The SMILES string of the molecule is c1ccc2c(c1)sc1c(-n3c4ccccc4c4ccc5c6ncncc6sc5c43)cccc12. The molecular weight excluding hydrogens is 442 g/mol. The van der Waals surface area contributed by atoms with Crippen LogP contribution in [0.5, 0.6) is 0 Å². The summed E-state index contributed by atoms with van der Waals surface area (Å²) in [4.78, 5) is 8.87. The molecule has 0 unspecified atom stereocenters. The van der Waals surface area contributed by atoms with Gasteiger partial charge in [0.25, 0.3) is 0 Å². The summed E-state index contributed by atoms with van der Waals surface area (Å²) in [6.07, 6.45) is 3.57. The van der Waals surface area contributed by atoms with E-state index in [9.17, 15) is 0 Å². The zero-order valence-electron chi connectivity index (χ0n) is 17.3. The number of rotatable bonds is 1. The molecule has 0 bridgehead atoms. The highest BCUT2D eigenvalue weighted by Crippen LogP contribution is 2.44. The lowest BCUT2D eigenvalue weighted by Crippen LogP contribution is -1.94. The molecule has 0 aliphatic rings. The van der Waals surface area contributed by atoms with Crippen molar-refractivity contribution in [1.29, 1.82) is 0 Å². The van der Waals surface area contributed by atoms with Crippen LogP contribution in [-0.2, 0) is 0 Å². The number of aromatic nitrogens is 3. The predicted octanol–water partition coefficient (Wildman–Crippen LogP) is 8.31. The van der Waals surface area contributed by atoms with Crippen LogP contribution in [0.4, 0.5) is 0 Å². The van der Waals surface area contributed by atoms with Crippen LogP contribution in [0, 0.1) is 0 Å². The highest BCUT2D eigenvalue weighted by Gasteiger charge is 2.20. The van der Waals surface area contributed by atoms with Gasteiger partial charge in [0.05, 0.1) is 36.3 Å². The lowest BCUT2D eigenvalue weighted by molar-refractivity contribution is 1.21. The summed E-state index contributed by atoms with van der Waals surface area (Å²) in [5.41, 5.74) is 4.75.